The Kier molecular flexibility index (Phi) is 5.22. The van der Waals surface area contributed by atoms with Crippen LogP contribution < -0.4 is 11.1 Å². The Bertz CT molecular complexity index is 224. The van der Waals surface area contributed by atoms with Gasteiger partial charge in [0, 0.05) is 12.1 Å². The lowest BCUT2D eigenvalue weighted by atomic mass is 9.89. The van der Waals surface area contributed by atoms with E-state index in [-0.39, 0.29) is 11.9 Å². The van der Waals surface area contributed by atoms with Gasteiger partial charge in [0.05, 0.1) is 6.04 Å². The van der Waals surface area contributed by atoms with Crippen molar-refractivity contribution >= 4 is 5.91 Å². The summed E-state index contributed by atoms with van der Waals surface area (Å²) >= 11 is 0. The Morgan fingerprint density at radius 2 is 2.00 bits per heavy atom. The van der Waals surface area contributed by atoms with Crippen molar-refractivity contribution in [2.45, 2.75) is 57.7 Å². The molecule has 1 aliphatic carbocycles. The zero-order valence-electron chi connectivity index (χ0n) is 10.7. The molecule has 1 atom stereocenters. The summed E-state index contributed by atoms with van der Waals surface area (Å²) in [4.78, 5) is 13.2. The van der Waals surface area contributed by atoms with Crippen molar-refractivity contribution in [3.63, 3.8) is 0 Å². The molecule has 0 heterocycles. The fourth-order valence-corrected chi connectivity index (χ4v) is 2.49. The third-order valence-electron chi connectivity index (χ3n) is 3.79. The molecule has 4 nitrogen and oxygen atoms in total. The van der Waals surface area contributed by atoms with Crippen LogP contribution in [0.3, 0.4) is 0 Å². The number of rotatable bonds is 5. The molecule has 94 valence electrons. The Balaban J connectivity index is 2.38. The summed E-state index contributed by atoms with van der Waals surface area (Å²) in [6.45, 7) is 5.08. The smallest absolute Gasteiger partial charge is 0.234 e. The zero-order valence-corrected chi connectivity index (χ0v) is 10.7. The number of likely N-dealkylation sites (N-methyl/N-ethyl adjacent to an activating group) is 1. The van der Waals surface area contributed by atoms with E-state index in [1.165, 1.54) is 12.8 Å². The standard InChI is InChI=1S/C12H25N3O/c1-4-14-10-5-7-11(8-6-10)15(3)9(2)12(13)16/h9-11,14H,4-8H2,1-3H3,(H2,13,16). The SMILES string of the molecule is CCNC1CCC(N(C)C(C)C(N)=O)CC1. The molecular weight excluding hydrogens is 202 g/mol. The average Bonchev–Trinajstić information content (AvgIpc) is 2.28. The number of carbonyl (C=O) groups is 1. The number of amides is 1. The first-order valence-electron chi connectivity index (χ1n) is 6.30. The molecule has 0 aromatic carbocycles. The Hall–Kier alpha value is -0.610. The van der Waals surface area contributed by atoms with Crippen LogP contribution >= 0.6 is 0 Å². The molecule has 3 N–H and O–H groups in total. The van der Waals surface area contributed by atoms with Gasteiger partial charge in [0.1, 0.15) is 0 Å². The van der Waals surface area contributed by atoms with E-state index in [2.05, 4.69) is 17.1 Å². The predicted octanol–water partition coefficient (Wildman–Crippen LogP) is 0.713. The lowest BCUT2D eigenvalue weighted by Gasteiger charge is -2.37. The molecule has 0 aromatic rings. The molecule has 1 amide bonds. The highest BCUT2D eigenvalue weighted by Gasteiger charge is 2.27. The third kappa shape index (κ3) is 3.46. The van der Waals surface area contributed by atoms with Crippen LogP contribution in [0.2, 0.25) is 0 Å². The van der Waals surface area contributed by atoms with E-state index in [1.807, 2.05) is 14.0 Å². The minimum absolute atomic E-state index is 0.152. The summed E-state index contributed by atoms with van der Waals surface area (Å²) in [7, 11) is 2.01. The number of carbonyl (C=O) groups excluding carboxylic acids is 1. The maximum atomic E-state index is 11.1. The third-order valence-corrected chi connectivity index (χ3v) is 3.79. The highest BCUT2D eigenvalue weighted by molar-refractivity contribution is 5.79. The molecule has 0 radical (unpaired) electrons. The summed E-state index contributed by atoms with van der Waals surface area (Å²) in [5.41, 5.74) is 5.33. The van der Waals surface area contributed by atoms with E-state index in [9.17, 15) is 4.79 Å². The lowest BCUT2D eigenvalue weighted by molar-refractivity contribution is -0.123. The number of nitrogens with two attached hydrogens (primary N) is 1. The van der Waals surface area contributed by atoms with Gasteiger partial charge in [-0.2, -0.15) is 0 Å². The number of hydrogen-bond donors (Lipinski definition) is 2. The summed E-state index contributed by atoms with van der Waals surface area (Å²) in [6.07, 6.45) is 4.72. The largest absolute Gasteiger partial charge is 0.368 e. The highest BCUT2D eigenvalue weighted by Crippen LogP contribution is 2.23. The number of nitrogens with zero attached hydrogens (tertiary/aromatic N) is 1. The quantitative estimate of drug-likeness (QED) is 0.727. The molecule has 1 unspecified atom stereocenters. The van der Waals surface area contributed by atoms with Crippen molar-refractivity contribution in [1.82, 2.24) is 10.2 Å². The maximum Gasteiger partial charge on any atom is 0.234 e. The van der Waals surface area contributed by atoms with Gasteiger partial charge in [-0.1, -0.05) is 6.92 Å². The first kappa shape index (κ1) is 13.5. The van der Waals surface area contributed by atoms with E-state index in [0.29, 0.717) is 12.1 Å². The summed E-state index contributed by atoms with van der Waals surface area (Å²) < 4.78 is 0. The minimum atomic E-state index is -0.226. The van der Waals surface area contributed by atoms with E-state index in [0.717, 1.165) is 19.4 Å². The lowest BCUT2D eigenvalue weighted by Crippen LogP contribution is -2.48. The molecule has 16 heavy (non-hydrogen) atoms. The topological polar surface area (TPSA) is 58.4 Å². The van der Waals surface area contributed by atoms with Crippen LogP contribution in [-0.2, 0) is 4.79 Å². The van der Waals surface area contributed by atoms with Gasteiger partial charge in [-0.05, 0) is 46.2 Å². The molecule has 0 saturated heterocycles. The van der Waals surface area contributed by atoms with Crippen molar-refractivity contribution in [1.29, 1.82) is 0 Å². The molecule has 1 saturated carbocycles. The minimum Gasteiger partial charge on any atom is -0.368 e. The van der Waals surface area contributed by atoms with E-state index in [1.54, 1.807) is 0 Å². The molecule has 0 bridgehead atoms. The number of hydrogen-bond acceptors (Lipinski definition) is 3. The fraction of sp³-hybridized carbons (Fsp3) is 0.917. The molecule has 1 aliphatic rings. The van der Waals surface area contributed by atoms with Crippen molar-refractivity contribution in [3.8, 4) is 0 Å². The van der Waals surface area contributed by atoms with E-state index >= 15 is 0 Å². The van der Waals surface area contributed by atoms with Gasteiger partial charge in [0.2, 0.25) is 5.91 Å². The molecule has 0 aromatic heterocycles. The predicted molar refractivity (Wildman–Crippen MR) is 66.1 cm³/mol. The maximum absolute atomic E-state index is 11.1. The molecule has 4 heteroatoms. The van der Waals surface area contributed by atoms with Crippen molar-refractivity contribution < 1.29 is 4.79 Å². The zero-order chi connectivity index (χ0) is 12.1. The van der Waals surface area contributed by atoms with Crippen LogP contribution in [0.5, 0.6) is 0 Å². The molecule has 1 rings (SSSR count). The number of nitrogens with one attached hydrogen (secondary N) is 1. The Morgan fingerprint density at radius 1 is 1.44 bits per heavy atom. The monoisotopic (exact) mass is 227 g/mol. The molecular formula is C12H25N3O. The van der Waals surface area contributed by atoms with Gasteiger partial charge >= 0.3 is 0 Å². The van der Waals surface area contributed by atoms with Crippen LogP contribution in [0.25, 0.3) is 0 Å². The fourth-order valence-electron chi connectivity index (χ4n) is 2.49. The highest BCUT2D eigenvalue weighted by atomic mass is 16.1. The molecule has 0 aliphatic heterocycles. The van der Waals surface area contributed by atoms with Crippen LogP contribution in [0.15, 0.2) is 0 Å². The van der Waals surface area contributed by atoms with Crippen LogP contribution in [0.4, 0.5) is 0 Å². The Morgan fingerprint density at radius 3 is 2.44 bits per heavy atom. The van der Waals surface area contributed by atoms with Gasteiger partial charge in [-0.3, -0.25) is 9.69 Å². The van der Waals surface area contributed by atoms with Gasteiger partial charge in [0.15, 0.2) is 0 Å². The normalized spacial score (nSPS) is 28.0. The van der Waals surface area contributed by atoms with E-state index < -0.39 is 0 Å². The van der Waals surface area contributed by atoms with Gasteiger partial charge in [-0.25, -0.2) is 0 Å². The molecule has 0 spiro atoms. The van der Waals surface area contributed by atoms with Crippen molar-refractivity contribution in [2.24, 2.45) is 5.73 Å². The Labute approximate surface area is 98.6 Å². The van der Waals surface area contributed by atoms with Gasteiger partial charge < -0.3 is 11.1 Å². The van der Waals surface area contributed by atoms with Gasteiger partial charge in [0.25, 0.3) is 0 Å². The van der Waals surface area contributed by atoms with E-state index in [4.69, 9.17) is 5.73 Å². The van der Waals surface area contributed by atoms with Crippen LogP contribution in [0, 0.1) is 0 Å². The average molecular weight is 227 g/mol. The first-order chi connectivity index (χ1) is 7.56. The summed E-state index contributed by atoms with van der Waals surface area (Å²) in [5.74, 6) is -0.226. The number of primary amides is 1. The van der Waals surface area contributed by atoms with Crippen LogP contribution in [-0.4, -0.2) is 42.5 Å². The van der Waals surface area contributed by atoms with Crippen LogP contribution in [0.1, 0.15) is 39.5 Å². The van der Waals surface area contributed by atoms with Crippen molar-refractivity contribution in [3.05, 3.63) is 0 Å². The second kappa shape index (κ2) is 6.21. The van der Waals surface area contributed by atoms with Gasteiger partial charge in [-0.15, -0.1) is 0 Å². The second-order valence-corrected chi connectivity index (χ2v) is 4.81. The molecule has 1 fully saturated rings. The second-order valence-electron chi connectivity index (χ2n) is 4.81. The first-order valence-corrected chi connectivity index (χ1v) is 6.30. The summed E-state index contributed by atoms with van der Waals surface area (Å²) in [5, 5.41) is 3.49. The van der Waals surface area contributed by atoms with Crippen molar-refractivity contribution in [2.75, 3.05) is 13.6 Å². The summed E-state index contributed by atoms with van der Waals surface area (Å²) in [6, 6.07) is 1.02.